The van der Waals surface area contributed by atoms with Crippen LogP contribution < -0.4 is 0 Å². The van der Waals surface area contributed by atoms with Crippen LogP contribution in [-0.4, -0.2) is 24.0 Å². The Morgan fingerprint density at radius 1 is 1.26 bits per heavy atom. The lowest BCUT2D eigenvalue weighted by molar-refractivity contribution is -0.143. The summed E-state index contributed by atoms with van der Waals surface area (Å²) in [4.78, 5) is 12.2. The molecule has 0 aromatic heterocycles. The molecule has 1 heterocycles. The normalized spacial score (nSPS) is 18.0. The van der Waals surface area contributed by atoms with Crippen molar-refractivity contribution < 1.29 is 9.53 Å². The van der Waals surface area contributed by atoms with Gasteiger partial charge in [-0.05, 0) is 39.3 Å². The second-order valence-electron chi connectivity index (χ2n) is 4.70. The third-order valence-corrected chi connectivity index (χ3v) is 3.21. The maximum absolute atomic E-state index is 12.2. The molecule has 2 rings (SSSR count). The minimum atomic E-state index is -0.461. The molecule has 1 unspecified atom stereocenters. The lowest BCUT2D eigenvalue weighted by Gasteiger charge is -2.17. The van der Waals surface area contributed by atoms with E-state index in [-0.39, 0.29) is 5.97 Å². The summed E-state index contributed by atoms with van der Waals surface area (Å²) < 4.78 is 5.16. The van der Waals surface area contributed by atoms with Gasteiger partial charge >= 0.3 is 5.97 Å². The maximum Gasteiger partial charge on any atom is 0.319 e. The Morgan fingerprint density at radius 3 is 2.68 bits per heavy atom. The molecule has 0 spiro atoms. The first kappa shape index (κ1) is 13.5. The largest absolute Gasteiger partial charge is 0.465 e. The van der Waals surface area contributed by atoms with Crippen LogP contribution in [0.5, 0.6) is 0 Å². The van der Waals surface area contributed by atoms with Gasteiger partial charge in [0.05, 0.1) is 18.0 Å². The van der Waals surface area contributed by atoms with Crippen molar-refractivity contribution in [2.24, 2.45) is 10.2 Å². The lowest BCUT2D eigenvalue weighted by atomic mass is 9.88. The number of esters is 1. The molecule has 1 atom stereocenters. The zero-order valence-electron chi connectivity index (χ0n) is 11.7. The molecule has 0 saturated heterocycles. The summed E-state index contributed by atoms with van der Waals surface area (Å²) in [5.74, 6) is -0.726. The summed E-state index contributed by atoms with van der Waals surface area (Å²) in [7, 11) is 0. The lowest BCUT2D eigenvalue weighted by Crippen LogP contribution is -2.23. The van der Waals surface area contributed by atoms with E-state index < -0.39 is 5.92 Å². The van der Waals surface area contributed by atoms with Crippen LogP contribution in [0, 0.1) is 6.92 Å². The Labute approximate surface area is 113 Å². The van der Waals surface area contributed by atoms with E-state index >= 15 is 0 Å². The fraction of sp³-hybridized carbons (Fsp3) is 0.400. The van der Waals surface area contributed by atoms with Gasteiger partial charge in [0.2, 0.25) is 0 Å². The SMILES string of the molecule is CCOC(=O)C1C(C)=NN=C(C)c2cc(C)ccc21. The minimum absolute atomic E-state index is 0.265. The van der Waals surface area contributed by atoms with Gasteiger partial charge < -0.3 is 4.74 Å². The number of benzene rings is 1. The molecular formula is C15H18N2O2. The van der Waals surface area contributed by atoms with Crippen LogP contribution >= 0.6 is 0 Å². The van der Waals surface area contributed by atoms with E-state index in [1.165, 1.54) is 0 Å². The summed E-state index contributed by atoms with van der Waals surface area (Å²) >= 11 is 0. The number of hydrogen-bond donors (Lipinski definition) is 0. The summed E-state index contributed by atoms with van der Waals surface area (Å²) in [6, 6.07) is 6.00. The van der Waals surface area contributed by atoms with Crippen molar-refractivity contribution in [2.75, 3.05) is 6.61 Å². The number of carbonyl (C=O) groups is 1. The zero-order valence-corrected chi connectivity index (χ0v) is 11.7. The Balaban J connectivity index is 2.57. The van der Waals surface area contributed by atoms with Crippen LogP contribution in [0.25, 0.3) is 0 Å². The van der Waals surface area contributed by atoms with Gasteiger partial charge in [0.15, 0.2) is 0 Å². The van der Waals surface area contributed by atoms with Gasteiger partial charge in [-0.25, -0.2) is 0 Å². The molecule has 1 aromatic carbocycles. The van der Waals surface area contributed by atoms with Crippen molar-refractivity contribution in [1.82, 2.24) is 0 Å². The second kappa shape index (κ2) is 5.34. The highest BCUT2D eigenvalue weighted by atomic mass is 16.5. The third-order valence-electron chi connectivity index (χ3n) is 3.21. The molecule has 0 aliphatic carbocycles. The molecule has 1 aromatic rings. The van der Waals surface area contributed by atoms with Crippen molar-refractivity contribution in [1.29, 1.82) is 0 Å². The number of fused-ring (bicyclic) bond motifs is 1. The van der Waals surface area contributed by atoms with Gasteiger partial charge in [0.1, 0.15) is 5.92 Å². The molecule has 100 valence electrons. The fourth-order valence-electron chi connectivity index (χ4n) is 2.25. The van der Waals surface area contributed by atoms with E-state index in [2.05, 4.69) is 10.2 Å². The quantitative estimate of drug-likeness (QED) is 0.766. The van der Waals surface area contributed by atoms with E-state index in [0.717, 1.165) is 22.4 Å². The topological polar surface area (TPSA) is 51.0 Å². The van der Waals surface area contributed by atoms with Gasteiger partial charge in [-0.2, -0.15) is 10.2 Å². The number of nitrogens with zero attached hydrogens (tertiary/aromatic N) is 2. The molecule has 0 saturated carbocycles. The molecular weight excluding hydrogens is 240 g/mol. The number of carbonyl (C=O) groups excluding carboxylic acids is 1. The van der Waals surface area contributed by atoms with Crippen LogP contribution in [0.1, 0.15) is 43.4 Å². The van der Waals surface area contributed by atoms with Crippen LogP contribution in [0.4, 0.5) is 0 Å². The third kappa shape index (κ3) is 2.57. The zero-order chi connectivity index (χ0) is 14.0. The van der Waals surface area contributed by atoms with Crippen molar-refractivity contribution in [3.63, 3.8) is 0 Å². The Kier molecular flexibility index (Phi) is 3.79. The Bertz CT molecular complexity index is 574. The first-order valence-corrected chi connectivity index (χ1v) is 6.41. The molecule has 0 radical (unpaired) electrons. The first-order chi connectivity index (χ1) is 9.04. The molecule has 0 amide bonds. The van der Waals surface area contributed by atoms with E-state index in [1.54, 1.807) is 6.92 Å². The predicted octanol–water partition coefficient (Wildman–Crippen LogP) is 2.84. The predicted molar refractivity (Wildman–Crippen MR) is 75.9 cm³/mol. The summed E-state index contributed by atoms with van der Waals surface area (Å²) in [6.07, 6.45) is 0. The standard InChI is InChI=1S/C15H18N2O2/c1-5-19-15(18)14-11(4)17-16-10(3)13-8-9(2)6-7-12(13)14/h6-8,14H,5H2,1-4H3. The highest BCUT2D eigenvalue weighted by molar-refractivity contribution is 6.11. The van der Waals surface area contributed by atoms with Crippen LogP contribution in [0.3, 0.4) is 0 Å². The fourth-order valence-corrected chi connectivity index (χ4v) is 2.25. The molecule has 1 aliphatic rings. The molecule has 4 heteroatoms. The highest BCUT2D eigenvalue weighted by Gasteiger charge is 2.29. The van der Waals surface area contributed by atoms with Crippen molar-refractivity contribution in [3.05, 3.63) is 34.9 Å². The smallest absolute Gasteiger partial charge is 0.319 e. The second-order valence-corrected chi connectivity index (χ2v) is 4.70. The van der Waals surface area contributed by atoms with Crippen molar-refractivity contribution >= 4 is 17.4 Å². The van der Waals surface area contributed by atoms with E-state index in [1.807, 2.05) is 39.0 Å². The molecule has 19 heavy (non-hydrogen) atoms. The first-order valence-electron chi connectivity index (χ1n) is 6.41. The van der Waals surface area contributed by atoms with Gasteiger partial charge in [0, 0.05) is 5.56 Å². The maximum atomic E-state index is 12.2. The average molecular weight is 258 g/mol. The van der Waals surface area contributed by atoms with Crippen molar-refractivity contribution in [3.8, 4) is 0 Å². The number of hydrogen-bond acceptors (Lipinski definition) is 4. The van der Waals surface area contributed by atoms with Gasteiger partial charge in [0.25, 0.3) is 0 Å². The Hall–Kier alpha value is -1.97. The van der Waals surface area contributed by atoms with Gasteiger partial charge in [-0.3, -0.25) is 4.79 Å². The van der Waals surface area contributed by atoms with Crippen molar-refractivity contribution in [2.45, 2.75) is 33.6 Å². The van der Waals surface area contributed by atoms with Crippen LogP contribution in [-0.2, 0) is 9.53 Å². The molecule has 1 aliphatic heterocycles. The van der Waals surface area contributed by atoms with Crippen LogP contribution in [0.2, 0.25) is 0 Å². The Morgan fingerprint density at radius 2 is 2.00 bits per heavy atom. The summed E-state index contributed by atoms with van der Waals surface area (Å²) in [5.41, 5.74) is 4.52. The van der Waals surface area contributed by atoms with E-state index in [0.29, 0.717) is 12.3 Å². The molecule has 0 fully saturated rings. The summed E-state index contributed by atoms with van der Waals surface area (Å²) in [6.45, 7) is 7.91. The monoisotopic (exact) mass is 258 g/mol. The van der Waals surface area contributed by atoms with Crippen LogP contribution in [0.15, 0.2) is 28.4 Å². The highest BCUT2D eigenvalue weighted by Crippen LogP contribution is 2.27. The molecule has 4 nitrogen and oxygen atoms in total. The van der Waals surface area contributed by atoms with E-state index in [9.17, 15) is 4.79 Å². The minimum Gasteiger partial charge on any atom is -0.465 e. The number of ether oxygens (including phenoxy) is 1. The van der Waals surface area contributed by atoms with Gasteiger partial charge in [-0.1, -0.05) is 17.7 Å². The van der Waals surface area contributed by atoms with Gasteiger partial charge in [-0.15, -0.1) is 0 Å². The van der Waals surface area contributed by atoms with E-state index in [4.69, 9.17) is 4.74 Å². The number of rotatable bonds is 2. The number of aryl methyl sites for hydroxylation is 1. The molecule has 0 bridgehead atoms. The average Bonchev–Trinajstić information content (AvgIpc) is 2.49. The summed E-state index contributed by atoms with van der Waals surface area (Å²) in [5, 5.41) is 8.31. The molecule has 0 N–H and O–H groups in total.